The molecule has 1 rings (SSSR count). The molecule has 12 heavy (non-hydrogen) atoms. The lowest BCUT2D eigenvalue weighted by Gasteiger charge is -2.20. The van der Waals surface area contributed by atoms with E-state index >= 15 is 0 Å². The van der Waals surface area contributed by atoms with E-state index in [1.54, 1.807) is 0 Å². The minimum absolute atomic E-state index is 0.186. The third kappa shape index (κ3) is 3.18. The molecule has 0 heterocycles. The van der Waals surface area contributed by atoms with E-state index in [2.05, 4.69) is 6.58 Å². The lowest BCUT2D eigenvalue weighted by Crippen LogP contribution is -2.22. The lowest BCUT2D eigenvalue weighted by molar-refractivity contribution is -0.124. The zero-order valence-corrected chi connectivity index (χ0v) is 7.42. The van der Waals surface area contributed by atoms with E-state index in [1.807, 2.05) is 6.08 Å². The van der Waals surface area contributed by atoms with Crippen molar-refractivity contribution >= 4 is 5.78 Å². The van der Waals surface area contributed by atoms with Crippen LogP contribution < -0.4 is 0 Å². The van der Waals surface area contributed by atoms with Gasteiger partial charge in [0.2, 0.25) is 0 Å². The molecule has 0 aromatic carbocycles. The number of hydrogen-bond donors (Lipinski definition) is 0. The highest BCUT2D eigenvalue weighted by molar-refractivity contribution is 5.79. The first-order valence-electron chi connectivity index (χ1n) is 4.57. The van der Waals surface area contributed by atoms with E-state index in [0.29, 0.717) is 18.8 Å². The van der Waals surface area contributed by atoms with Crippen molar-refractivity contribution in [3.63, 3.8) is 0 Å². The molecule has 0 aromatic rings. The van der Waals surface area contributed by atoms with Crippen LogP contribution in [0.1, 0.15) is 32.1 Å². The van der Waals surface area contributed by atoms with Gasteiger partial charge >= 0.3 is 0 Å². The summed E-state index contributed by atoms with van der Waals surface area (Å²) < 4.78 is 5.50. The van der Waals surface area contributed by atoms with E-state index < -0.39 is 0 Å². The summed E-state index contributed by atoms with van der Waals surface area (Å²) in [5.41, 5.74) is 0. The quantitative estimate of drug-likeness (QED) is 0.474. The molecule has 0 bridgehead atoms. The van der Waals surface area contributed by atoms with E-state index in [9.17, 15) is 4.79 Å². The van der Waals surface area contributed by atoms with E-state index in [4.69, 9.17) is 4.74 Å². The van der Waals surface area contributed by atoms with Crippen LogP contribution in [0.4, 0.5) is 0 Å². The van der Waals surface area contributed by atoms with Crippen LogP contribution in [0.5, 0.6) is 0 Å². The Bertz CT molecular complexity index is 163. The Labute approximate surface area is 73.6 Å². The summed E-state index contributed by atoms with van der Waals surface area (Å²) in [4.78, 5) is 11.0. The fourth-order valence-corrected chi connectivity index (χ4v) is 1.45. The zero-order chi connectivity index (χ0) is 8.81. The third-order valence-corrected chi connectivity index (χ3v) is 2.11. The van der Waals surface area contributed by atoms with Gasteiger partial charge in [0, 0.05) is 12.8 Å². The number of hydrogen-bond acceptors (Lipinski definition) is 2. The number of carbonyl (C=O) groups excluding carboxylic acids is 1. The van der Waals surface area contributed by atoms with Gasteiger partial charge in [-0.05, 0) is 19.3 Å². The number of rotatable bonds is 4. The summed E-state index contributed by atoms with van der Waals surface area (Å²) in [5, 5.41) is 0. The van der Waals surface area contributed by atoms with Gasteiger partial charge in [0.1, 0.15) is 5.78 Å². The minimum Gasteiger partial charge on any atom is -0.377 e. The van der Waals surface area contributed by atoms with Crippen LogP contribution in [0.25, 0.3) is 0 Å². The van der Waals surface area contributed by atoms with Crippen molar-refractivity contribution in [2.75, 3.05) is 6.61 Å². The highest BCUT2D eigenvalue weighted by atomic mass is 16.5. The second-order valence-electron chi connectivity index (χ2n) is 3.21. The Morgan fingerprint density at radius 3 is 3.17 bits per heavy atom. The van der Waals surface area contributed by atoms with Crippen molar-refractivity contribution in [2.45, 2.75) is 38.2 Å². The van der Waals surface area contributed by atoms with Crippen LogP contribution in [-0.4, -0.2) is 18.5 Å². The molecular formula is C10H16O2. The van der Waals surface area contributed by atoms with Gasteiger partial charge in [-0.3, -0.25) is 4.79 Å². The highest BCUT2D eigenvalue weighted by Gasteiger charge is 2.19. The standard InChI is InChI=1S/C10H16O2/c1-2-3-7-12-10-6-4-5-9(11)8-10/h2,10H,1,3-8H2. The van der Waals surface area contributed by atoms with E-state index in [-0.39, 0.29) is 6.10 Å². The molecule has 1 aliphatic carbocycles. The number of ether oxygens (including phenoxy) is 1. The van der Waals surface area contributed by atoms with Crippen LogP contribution in [-0.2, 0) is 9.53 Å². The van der Waals surface area contributed by atoms with Crippen LogP contribution >= 0.6 is 0 Å². The van der Waals surface area contributed by atoms with Crippen LogP contribution in [0, 0.1) is 0 Å². The van der Waals surface area contributed by atoms with Gasteiger partial charge in [0.05, 0.1) is 12.7 Å². The third-order valence-electron chi connectivity index (χ3n) is 2.11. The molecule has 0 N–H and O–H groups in total. The fourth-order valence-electron chi connectivity index (χ4n) is 1.45. The average Bonchev–Trinajstić information content (AvgIpc) is 2.05. The van der Waals surface area contributed by atoms with Crippen molar-refractivity contribution in [1.82, 2.24) is 0 Å². The van der Waals surface area contributed by atoms with Gasteiger partial charge in [-0.1, -0.05) is 6.08 Å². The maximum atomic E-state index is 11.0. The second-order valence-corrected chi connectivity index (χ2v) is 3.21. The molecule has 0 aliphatic heterocycles. The molecule has 0 radical (unpaired) electrons. The summed E-state index contributed by atoms with van der Waals surface area (Å²) in [7, 11) is 0. The predicted molar refractivity (Wildman–Crippen MR) is 48.0 cm³/mol. The zero-order valence-electron chi connectivity index (χ0n) is 7.42. The summed E-state index contributed by atoms with van der Waals surface area (Å²) in [6.07, 6.45) is 6.32. The van der Waals surface area contributed by atoms with Crippen molar-refractivity contribution in [3.05, 3.63) is 12.7 Å². The highest BCUT2D eigenvalue weighted by Crippen LogP contribution is 2.17. The maximum Gasteiger partial charge on any atom is 0.135 e. The lowest BCUT2D eigenvalue weighted by atomic mass is 9.96. The number of carbonyl (C=O) groups is 1. The first kappa shape index (κ1) is 9.46. The summed E-state index contributed by atoms with van der Waals surface area (Å²) in [5.74, 6) is 0.352. The van der Waals surface area contributed by atoms with E-state index in [0.717, 1.165) is 25.7 Å². The molecule has 2 nitrogen and oxygen atoms in total. The molecule has 1 unspecified atom stereocenters. The normalized spacial score (nSPS) is 24.0. The van der Waals surface area contributed by atoms with Gasteiger partial charge < -0.3 is 4.74 Å². The Balaban J connectivity index is 2.14. The summed E-state index contributed by atoms with van der Waals surface area (Å²) >= 11 is 0. The molecule has 0 amide bonds. The largest absolute Gasteiger partial charge is 0.377 e. The Kier molecular flexibility index (Phi) is 4.01. The molecule has 1 aliphatic rings. The first-order chi connectivity index (χ1) is 5.83. The van der Waals surface area contributed by atoms with Crippen molar-refractivity contribution in [2.24, 2.45) is 0 Å². The van der Waals surface area contributed by atoms with Crippen LogP contribution in [0.3, 0.4) is 0 Å². The van der Waals surface area contributed by atoms with Gasteiger partial charge in [0.15, 0.2) is 0 Å². The van der Waals surface area contributed by atoms with Gasteiger partial charge in [-0.15, -0.1) is 6.58 Å². The smallest absolute Gasteiger partial charge is 0.135 e. The molecule has 0 spiro atoms. The fraction of sp³-hybridized carbons (Fsp3) is 0.700. The Morgan fingerprint density at radius 1 is 1.67 bits per heavy atom. The molecule has 0 saturated heterocycles. The molecular weight excluding hydrogens is 152 g/mol. The van der Waals surface area contributed by atoms with Crippen molar-refractivity contribution in [1.29, 1.82) is 0 Å². The van der Waals surface area contributed by atoms with Crippen molar-refractivity contribution in [3.8, 4) is 0 Å². The molecule has 1 fully saturated rings. The first-order valence-corrected chi connectivity index (χ1v) is 4.57. The van der Waals surface area contributed by atoms with E-state index in [1.165, 1.54) is 0 Å². The number of ketones is 1. The average molecular weight is 168 g/mol. The monoisotopic (exact) mass is 168 g/mol. The maximum absolute atomic E-state index is 11.0. The Hall–Kier alpha value is -0.630. The Morgan fingerprint density at radius 2 is 2.50 bits per heavy atom. The SMILES string of the molecule is C=CCCOC1CCCC(=O)C1. The number of Topliss-reactive ketones (excluding diaryl/α,β-unsaturated/α-hetero) is 1. The summed E-state index contributed by atoms with van der Waals surface area (Å²) in [6, 6.07) is 0. The topological polar surface area (TPSA) is 26.3 Å². The molecule has 1 saturated carbocycles. The van der Waals surface area contributed by atoms with Crippen LogP contribution in [0.2, 0.25) is 0 Å². The van der Waals surface area contributed by atoms with Crippen molar-refractivity contribution < 1.29 is 9.53 Å². The van der Waals surface area contributed by atoms with Gasteiger partial charge in [-0.25, -0.2) is 0 Å². The van der Waals surface area contributed by atoms with Gasteiger partial charge in [-0.2, -0.15) is 0 Å². The van der Waals surface area contributed by atoms with Gasteiger partial charge in [0.25, 0.3) is 0 Å². The van der Waals surface area contributed by atoms with Crippen LogP contribution in [0.15, 0.2) is 12.7 Å². The molecule has 0 aromatic heterocycles. The molecule has 2 heteroatoms. The molecule has 68 valence electrons. The summed E-state index contributed by atoms with van der Waals surface area (Å²) in [6.45, 7) is 4.32. The predicted octanol–water partition coefficient (Wildman–Crippen LogP) is 2.09. The minimum atomic E-state index is 0.186. The second kappa shape index (κ2) is 5.09. The molecule has 1 atom stereocenters.